The van der Waals surface area contributed by atoms with Gasteiger partial charge in [0, 0.05) is 50.5 Å². The molecule has 0 bridgehead atoms. The lowest BCUT2D eigenvalue weighted by atomic mass is 9.95. The molecule has 2 N–H and O–H groups in total. The number of hydrogen-bond donors (Lipinski definition) is 2. The van der Waals surface area contributed by atoms with Crippen molar-refractivity contribution in [2.75, 3.05) is 39.9 Å². The molecule has 2 heterocycles. The molecule has 3 aromatic rings. The van der Waals surface area contributed by atoms with Crippen molar-refractivity contribution in [3.63, 3.8) is 0 Å². The molecule has 0 aliphatic carbocycles. The number of carbonyl (C=O) groups excluding carboxylic acids is 1. The topological polar surface area (TPSA) is 95.1 Å². The van der Waals surface area contributed by atoms with Crippen molar-refractivity contribution >= 4 is 5.91 Å². The van der Waals surface area contributed by atoms with Crippen LogP contribution in [0.15, 0.2) is 41.2 Å². The second-order valence-electron chi connectivity index (χ2n) is 9.10. The van der Waals surface area contributed by atoms with Gasteiger partial charge in [-0.2, -0.15) is 0 Å². The normalized spacial score (nSPS) is 14.1. The summed E-state index contributed by atoms with van der Waals surface area (Å²) in [5.74, 6) is -2.36. The van der Waals surface area contributed by atoms with E-state index in [-0.39, 0.29) is 42.9 Å². The first-order chi connectivity index (χ1) is 18.3. The lowest BCUT2D eigenvalue weighted by Gasteiger charge is -2.35. The van der Waals surface area contributed by atoms with Gasteiger partial charge in [-0.1, -0.05) is 24.3 Å². The zero-order valence-corrected chi connectivity index (χ0v) is 21.6. The van der Waals surface area contributed by atoms with Crippen LogP contribution in [0.2, 0.25) is 0 Å². The number of nitrogens with one attached hydrogen (secondary N) is 1. The van der Waals surface area contributed by atoms with Crippen LogP contribution in [0.3, 0.4) is 0 Å². The molecule has 1 saturated heterocycles. The van der Waals surface area contributed by atoms with Gasteiger partial charge in [-0.3, -0.25) is 14.5 Å². The maximum Gasteiger partial charge on any atom is 0.264 e. The third kappa shape index (κ3) is 5.41. The number of aromatic amines is 1. The third-order valence-corrected chi connectivity index (χ3v) is 6.72. The van der Waals surface area contributed by atoms with Gasteiger partial charge < -0.3 is 24.5 Å². The highest BCUT2D eigenvalue weighted by Gasteiger charge is 2.31. The third-order valence-electron chi connectivity index (χ3n) is 6.72. The van der Waals surface area contributed by atoms with Crippen molar-refractivity contribution in [1.82, 2.24) is 14.8 Å². The molecule has 0 unspecified atom stereocenters. The Kier molecular flexibility index (Phi) is 8.43. The Morgan fingerprint density at radius 3 is 2.47 bits per heavy atom. The minimum absolute atomic E-state index is 0.0237. The monoisotopic (exact) mass is 527 g/mol. The molecule has 0 radical (unpaired) electrons. The highest BCUT2D eigenvalue weighted by molar-refractivity contribution is 5.99. The van der Waals surface area contributed by atoms with Crippen LogP contribution in [0.4, 0.5) is 8.78 Å². The number of piperazine rings is 1. The predicted octanol–water partition coefficient (Wildman–Crippen LogP) is 3.84. The van der Waals surface area contributed by atoms with Gasteiger partial charge in [-0.25, -0.2) is 8.78 Å². The summed E-state index contributed by atoms with van der Waals surface area (Å²) in [5.41, 5.74) is 1.09. The number of methoxy groups -OCH3 is 1. The molecular weight excluding hydrogens is 496 g/mol. The fourth-order valence-electron chi connectivity index (χ4n) is 4.73. The van der Waals surface area contributed by atoms with E-state index in [1.165, 1.54) is 24.1 Å². The van der Waals surface area contributed by atoms with Crippen LogP contribution in [0.5, 0.6) is 11.5 Å². The minimum Gasteiger partial charge on any atom is -0.506 e. The first kappa shape index (κ1) is 27.3. The van der Waals surface area contributed by atoms with E-state index in [0.717, 1.165) is 11.6 Å². The number of amides is 1. The number of nitrogens with zero attached hydrogens (tertiary/aromatic N) is 2. The van der Waals surface area contributed by atoms with Gasteiger partial charge in [0.05, 0.1) is 25.0 Å². The first-order valence-electron chi connectivity index (χ1n) is 12.4. The van der Waals surface area contributed by atoms with Gasteiger partial charge in [0.1, 0.15) is 17.1 Å². The standard InChI is InChI=1S/C28H31F2N3O5/c1-4-38-16-20-23(22-17(2)7-5-10-21(22)37-3)26(34)24(27(35)31-20)28(36)33-13-11-32(12-14-33)15-18-8-6-9-19(29)25(18)30/h5-10H,4,11-16H2,1-3H3,(H2,31,34,35). The van der Waals surface area contributed by atoms with Crippen molar-refractivity contribution in [1.29, 1.82) is 0 Å². The summed E-state index contributed by atoms with van der Waals surface area (Å²) in [7, 11) is 1.50. The highest BCUT2D eigenvalue weighted by atomic mass is 19.2. The maximum absolute atomic E-state index is 14.1. The first-order valence-corrected chi connectivity index (χ1v) is 12.4. The molecule has 1 aromatic heterocycles. The molecule has 8 nitrogen and oxygen atoms in total. The molecule has 202 valence electrons. The SMILES string of the molecule is CCOCc1[nH]c(=O)c(C(=O)N2CCN(Cc3cccc(F)c3F)CC2)c(O)c1-c1c(C)cccc1OC. The van der Waals surface area contributed by atoms with Crippen molar-refractivity contribution in [2.45, 2.75) is 27.0 Å². The summed E-state index contributed by atoms with van der Waals surface area (Å²) in [6.45, 7) is 5.54. The van der Waals surface area contributed by atoms with Crippen molar-refractivity contribution in [2.24, 2.45) is 0 Å². The quantitative estimate of drug-likeness (QED) is 0.462. The summed E-state index contributed by atoms with van der Waals surface area (Å²) in [6.07, 6.45) is 0. The number of pyridine rings is 1. The Morgan fingerprint density at radius 2 is 1.79 bits per heavy atom. The maximum atomic E-state index is 14.1. The number of H-pyrrole nitrogens is 1. The largest absolute Gasteiger partial charge is 0.506 e. The van der Waals surface area contributed by atoms with Gasteiger partial charge in [-0.15, -0.1) is 0 Å². The van der Waals surface area contributed by atoms with Crippen molar-refractivity contribution in [3.05, 3.63) is 80.8 Å². The van der Waals surface area contributed by atoms with Crippen LogP contribution >= 0.6 is 0 Å². The van der Waals surface area contributed by atoms with E-state index in [9.17, 15) is 23.5 Å². The number of rotatable bonds is 8. The van der Waals surface area contributed by atoms with E-state index in [0.29, 0.717) is 36.7 Å². The predicted molar refractivity (Wildman–Crippen MR) is 138 cm³/mol. The van der Waals surface area contributed by atoms with Gasteiger partial charge in [0.25, 0.3) is 11.5 Å². The van der Waals surface area contributed by atoms with E-state index in [4.69, 9.17) is 9.47 Å². The zero-order chi connectivity index (χ0) is 27.4. The van der Waals surface area contributed by atoms with Crippen LogP contribution in [0.25, 0.3) is 11.1 Å². The minimum atomic E-state index is -0.903. The van der Waals surface area contributed by atoms with Crippen LogP contribution in [-0.2, 0) is 17.9 Å². The second-order valence-corrected chi connectivity index (χ2v) is 9.10. The summed E-state index contributed by atoms with van der Waals surface area (Å²) in [5, 5.41) is 11.4. The molecule has 1 amide bonds. The number of halogens is 2. The number of benzene rings is 2. The lowest BCUT2D eigenvalue weighted by Crippen LogP contribution is -2.49. The lowest BCUT2D eigenvalue weighted by molar-refractivity contribution is 0.0621. The Morgan fingerprint density at radius 1 is 1.08 bits per heavy atom. The van der Waals surface area contributed by atoms with E-state index >= 15 is 0 Å². The van der Waals surface area contributed by atoms with Gasteiger partial charge in [-0.05, 0) is 31.5 Å². The fraction of sp³-hybridized carbons (Fsp3) is 0.357. The zero-order valence-electron chi connectivity index (χ0n) is 21.6. The molecule has 1 fully saturated rings. The number of aromatic hydroxyl groups is 1. The van der Waals surface area contributed by atoms with Crippen LogP contribution in [0.1, 0.15) is 34.1 Å². The molecule has 38 heavy (non-hydrogen) atoms. The molecule has 1 aliphatic heterocycles. The Bertz CT molecular complexity index is 1380. The van der Waals surface area contributed by atoms with Gasteiger partial charge in [0.15, 0.2) is 11.6 Å². The van der Waals surface area contributed by atoms with E-state index in [1.807, 2.05) is 30.9 Å². The Labute approximate surface area is 219 Å². The van der Waals surface area contributed by atoms with Crippen LogP contribution in [-0.4, -0.2) is 65.7 Å². The molecular formula is C28H31F2N3O5. The van der Waals surface area contributed by atoms with E-state index < -0.39 is 28.9 Å². The average molecular weight is 528 g/mol. The summed E-state index contributed by atoms with van der Waals surface area (Å²) in [4.78, 5) is 32.7. The van der Waals surface area contributed by atoms with Gasteiger partial charge in [0.2, 0.25) is 0 Å². The molecule has 2 aromatic carbocycles. The molecule has 1 aliphatic rings. The van der Waals surface area contributed by atoms with E-state index in [2.05, 4.69) is 4.98 Å². The smallest absolute Gasteiger partial charge is 0.264 e. The number of aryl methyl sites for hydroxylation is 1. The molecule has 4 rings (SSSR count). The van der Waals surface area contributed by atoms with E-state index in [1.54, 1.807) is 6.07 Å². The number of hydrogen-bond acceptors (Lipinski definition) is 6. The number of carbonyl (C=O) groups is 1. The molecule has 0 atom stereocenters. The van der Waals surface area contributed by atoms with Crippen molar-refractivity contribution < 1.29 is 28.2 Å². The Balaban J connectivity index is 1.64. The average Bonchev–Trinajstić information content (AvgIpc) is 2.90. The van der Waals surface area contributed by atoms with Gasteiger partial charge >= 0.3 is 0 Å². The molecule has 10 heteroatoms. The summed E-state index contributed by atoms with van der Waals surface area (Å²) >= 11 is 0. The number of aromatic nitrogens is 1. The van der Waals surface area contributed by atoms with Crippen molar-refractivity contribution in [3.8, 4) is 22.6 Å². The highest BCUT2D eigenvalue weighted by Crippen LogP contribution is 2.41. The summed E-state index contributed by atoms with van der Waals surface area (Å²) in [6, 6.07) is 9.44. The van der Waals surface area contributed by atoms with Crippen LogP contribution in [0, 0.1) is 18.6 Å². The fourth-order valence-corrected chi connectivity index (χ4v) is 4.73. The molecule has 0 saturated carbocycles. The van der Waals surface area contributed by atoms with Crippen LogP contribution < -0.4 is 10.3 Å². The Hall–Kier alpha value is -3.76. The molecule has 0 spiro atoms. The second kappa shape index (κ2) is 11.7. The summed E-state index contributed by atoms with van der Waals surface area (Å²) < 4.78 is 38.7. The number of ether oxygens (including phenoxy) is 2.